The van der Waals surface area contributed by atoms with Crippen molar-refractivity contribution in [1.29, 1.82) is 0 Å². The van der Waals surface area contributed by atoms with Crippen LogP contribution in [0.1, 0.15) is 52.9 Å². The standard InChI is InChI=1S/C28H41FN6O6S/c1-18-15-20(39-5)9-8-11-33(4)19(2)23-22(17-40-26(37)28(3,29)24(18)36)41-27(38)35(23)13-7-6-12-34-16-21(31-32-34)25-30-10-14-42-25/h10,14,16,18-20,22-23H,6-9,11-13,15,17H2,1-5H3. The van der Waals surface area contributed by atoms with Gasteiger partial charge >= 0.3 is 12.1 Å². The summed E-state index contributed by atoms with van der Waals surface area (Å²) in [6.07, 6.45) is 5.14. The third-order valence-corrected chi connectivity index (χ3v) is 9.10. The number of esters is 1. The van der Waals surface area contributed by atoms with Crippen LogP contribution in [0.4, 0.5) is 9.18 Å². The molecule has 0 N–H and O–H groups in total. The number of hydrogen-bond acceptors (Lipinski definition) is 11. The number of aromatic nitrogens is 4. The number of unbranched alkanes of at least 4 members (excludes halogenated alkanes) is 1. The number of carbonyl (C=O) groups excluding carboxylic acids is 3. The fraction of sp³-hybridized carbons (Fsp3) is 0.714. The number of thiazole rings is 1. The van der Waals surface area contributed by atoms with Crippen LogP contribution in [0.2, 0.25) is 0 Å². The summed E-state index contributed by atoms with van der Waals surface area (Å²) in [5, 5.41) is 11.0. The number of nitrogens with zero attached hydrogens (tertiary/aromatic N) is 6. The summed E-state index contributed by atoms with van der Waals surface area (Å²) in [6, 6.07) is -0.596. The zero-order valence-electron chi connectivity index (χ0n) is 24.9. The lowest BCUT2D eigenvalue weighted by atomic mass is 9.88. The molecule has 1 amide bonds. The van der Waals surface area contributed by atoms with Crippen LogP contribution in [-0.2, 0) is 30.3 Å². The van der Waals surface area contributed by atoms with E-state index in [0.717, 1.165) is 30.5 Å². The predicted octanol–water partition coefficient (Wildman–Crippen LogP) is 3.37. The lowest BCUT2D eigenvalue weighted by Crippen LogP contribution is -2.53. The van der Waals surface area contributed by atoms with Crippen LogP contribution in [0.15, 0.2) is 17.8 Å². The van der Waals surface area contributed by atoms with Gasteiger partial charge in [0, 0.05) is 43.7 Å². The van der Waals surface area contributed by atoms with E-state index in [1.807, 2.05) is 25.5 Å². The molecule has 0 radical (unpaired) electrons. The van der Waals surface area contributed by atoms with Crippen LogP contribution in [0, 0.1) is 5.92 Å². The van der Waals surface area contributed by atoms with Crippen molar-refractivity contribution in [2.75, 3.05) is 33.9 Å². The van der Waals surface area contributed by atoms with Crippen molar-refractivity contribution in [1.82, 2.24) is 29.8 Å². The van der Waals surface area contributed by atoms with Gasteiger partial charge in [0.25, 0.3) is 5.67 Å². The molecule has 6 atom stereocenters. The number of Topliss-reactive ketones (excluding diaryl/α,β-unsaturated/α-hetero) is 1. The van der Waals surface area contributed by atoms with E-state index >= 15 is 4.39 Å². The average Bonchev–Trinajstić information content (AvgIpc) is 3.72. The molecule has 0 spiro atoms. The van der Waals surface area contributed by atoms with E-state index in [9.17, 15) is 14.4 Å². The van der Waals surface area contributed by atoms with E-state index in [2.05, 4.69) is 20.2 Å². The first kappa shape index (κ1) is 32.0. The summed E-state index contributed by atoms with van der Waals surface area (Å²) in [7, 11) is 3.54. The Morgan fingerprint density at radius 1 is 1.21 bits per heavy atom. The normalized spacial score (nSPS) is 30.4. The van der Waals surface area contributed by atoms with E-state index in [0.29, 0.717) is 38.9 Å². The van der Waals surface area contributed by atoms with Gasteiger partial charge < -0.3 is 19.1 Å². The molecule has 14 heteroatoms. The molecular weight excluding hydrogens is 567 g/mol. The molecule has 42 heavy (non-hydrogen) atoms. The highest BCUT2D eigenvalue weighted by molar-refractivity contribution is 7.13. The molecule has 2 fully saturated rings. The van der Waals surface area contributed by atoms with Crippen molar-refractivity contribution in [2.24, 2.45) is 5.92 Å². The Morgan fingerprint density at radius 2 is 1.98 bits per heavy atom. The minimum atomic E-state index is -2.82. The molecule has 2 saturated heterocycles. The summed E-state index contributed by atoms with van der Waals surface area (Å²) >= 11 is 1.49. The smallest absolute Gasteiger partial charge is 0.410 e. The average molecular weight is 609 g/mol. The summed E-state index contributed by atoms with van der Waals surface area (Å²) in [6.45, 7) is 5.94. The van der Waals surface area contributed by atoms with Gasteiger partial charge in [0.05, 0.1) is 18.3 Å². The van der Waals surface area contributed by atoms with Gasteiger partial charge in [-0.25, -0.2) is 19.0 Å². The van der Waals surface area contributed by atoms with Gasteiger partial charge in [-0.15, -0.1) is 16.4 Å². The van der Waals surface area contributed by atoms with E-state index in [1.165, 1.54) is 11.3 Å². The fourth-order valence-corrected chi connectivity index (χ4v) is 6.25. The molecule has 6 unspecified atom stereocenters. The van der Waals surface area contributed by atoms with E-state index < -0.39 is 41.6 Å². The molecular formula is C28H41FN6O6S. The van der Waals surface area contributed by atoms with E-state index in [4.69, 9.17) is 14.2 Å². The minimum Gasteiger partial charge on any atom is -0.459 e. The molecule has 2 aromatic heterocycles. The lowest BCUT2D eigenvalue weighted by molar-refractivity contribution is -0.165. The number of halogens is 1. The number of aryl methyl sites for hydroxylation is 1. The highest BCUT2D eigenvalue weighted by atomic mass is 32.1. The van der Waals surface area contributed by atoms with Crippen molar-refractivity contribution in [3.63, 3.8) is 0 Å². The van der Waals surface area contributed by atoms with E-state index in [1.54, 1.807) is 29.8 Å². The summed E-state index contributed by atoms with van der Waals surface area (Å²) in [4.78, 5) is 46.7. The number of amides is 1. The Balaban J connectivity index is 1.44. The van der Waals surface area contributed by atoms with Crippen LogP contribution in [0.3, 0.4) is 0 Å². The molecule has 12 nitrogen and oxygen atoms in total. The third kappa shape index (κ3) is 7.32. The van der Waals surface area contributed by atoms with Crippen molar-refractivity contribution in [3.8, 4) is 10.7 Å². The highest BCUT2D eigenvalue weighted by Crippen LogP contribution is 2.29. The van der Waals surface area contributed by atoms with E-state index in [-0.39, 0.29) is 18.8 Å². The number of ether oxygens (including phenoxy) is 3. The van der Waals surface area contributed by atoms with Crippen LogP contribution in [-0.4, -0.2) is 111 Å². The van der Waals surface area contributed by atoms with Gasteiger partial charge in [-0.1, -0.05) is 12.1 Å². The van der Waals surface area contributed by atoms with Crippen molar-refractivity contribution in [3.05, 3.63) is 17.8 Å². The maximum Gasteiger partial charge on any atom is 0.410 e. The SMILES string of the molecule is COC1CCCN(C)C(C)C2C(COC(=O)C(C)(F)C(=O)C(C)C1)OC(=O)N2CCCCn1cc(-c2nccs2)nn1. The van der Waals surface area contributed by atoms with Crippen molar-refractivity contribution >= 4 is 29.2 Å². The maximum atomic E-state index is 15.4. The number of hydrogen-bond donors (Lipinski definition) is 0. The Bertz CT molecular complexity index is 1210. The van der Waals surface area contributed by atoms with Crippen molar-refractivity contribution in [2.45, 2.75) is 89.4 Å². The number of cyclic esters (lactones) is 1. The second-order valence-corrected chi connectivity index (χ2v) is 12.2. The van der Waals surface area contributed by atoms with Gasteiger partial charge in [-0.3, -0.25) is 14.4 Å². The molecule has 0 saturated carbocycles. The molecule has 4 rings (SSSR count). The first-order valence-electron chi connectivity index (χ1n) is 14.4. The Kier molecular flexibility index (Phi) is 10.7. The first-order valence-corrected chi connectivity index (χ1v) is 15.3. The molecule has 0 aliphatic carbocycles. The number of likely N-dealkylation sites (N-methyl/N-ethyl adjacent to an activating group) is 1. The van der Waals surface area contributed by atoms with Crippen LogP contribution in [0.5, 0.6) is 0 Å². The fourth-order valence-electron chi connectivity index (χ4n) is 5.67. The Hall–Kier alpha value is -2.97. The minimum absolute atomic E-state index is 0.153. The summed E-state index contributed by atoms with van der Waals surface area (Å²) < 4.78 is 33.7. The van der Waals surface area contributed by atoms with Crippen molar-refractivity contribution < 1.29 is 33.0 Å². The van der Waals surface area contributed by atoms with Gasteiger partial charge in [0.15, 0.2) is 11.9 Å². The second-order valence-electron chi connectivity index (χ2n) is 11.3. The monoisotopic (exact) mass is 608 g/mol. The molecule has 232 valence electrons. The van der Waals surface area contributed by atoms with Crippen LogP contribution < -0.4 is 0 Å². The Morgan fingerprint density at radius 3 is 2.69 bits per heavy atom. The van der Waals surface area contributed by atoms with Crippen LogP contribution in [0.25, 0.3) is 10.7 Å². The maximum absolute atomic E-state index is 15.4. The number of fused-ring (bicyclic) bond motifs is 1. The highest BCUT2D eigenvalue weighted by Gasteiger charge is 2.49. The molecule has 2 aliphatic heterocycles. The third-order valence-electron chi connectivity index (χ3n) is 8.30. The summed E-state index contributed by atoms with van der Waals surface area (Å²) in [5.74, 6) is -2.85. The largest absolute Gasteiger partial charge is 0.459 e. The van der Waals surface area contributed by atoms with Gasteiger partial charge in [-0.05, 0) is 59.5 Å². The second kappa shape index (κ2) is 14.0. The summed E-state index contributed by atoms with van der Waals surface area (Å²) in [5.41, 5.74) is -2.10. The van der Waals surface area contributed by atoms with Gasteiger partial charge in [-0.2, -0.15) is 0 Å². The Labute approximate surface area is 249 Å². The topological polar surface area (TPSA) is 129 Å². The van der Waals surface area contributed by atoms with Crippen LogP contribution >= 0.6 is 11.3 Å². The number of methoxy groups -OCH3 is 1. The first-order chi connectivity index (χ1) is 20.0. The molecule has 2 aromatic rings. The number of carbonyl (C=O) groups is 3. The van der Waals surface area contributed by atoms with Gasteiger partial charge in [0.2, 0.25) is 0 Å². The molecule has 2 aliphatic rings. The van der Waals surface area contributed by atoms with Gasteiger partial charge in [0.1, 0.15) is 17.3 Å². The molecule has 0 aromatic carbocycles. The molecule has 0 bridgehead atoms. The molecule has 4 heterocycles. The lowest BCUT2D eigenvalue weighted by Gasteiger charge is -2.35. The number of rotatable bonds is 7. The predicted molar refractivity (Wildman–Crippen MR) is 153 cm³/mol. The number of ketones is 1. The zero-order chi connectivity index (χ0) is 30.4. The quantitative estimate of drug-likeness (QED) is 0.262. The number of alkyl halides is 1. The zero-order valence-corrected chi connectivity index (χ0v) is 25.7.